The molecule has 4 heteroatoms. The van der Waals surface area contributed by atoms with Crippen LogP contribution in [0.25, 0.3) is 0 Å². The quantitative estimate of drug-likeness (QED) is 0.605. The minimum atomic E-state index is -0.0225. The molecule has 124 valence electrons. The Bertz CT molecular complexity index is 321. The van der Waals surface area contributed by atoms with Gasteiger partial charge in [0.1, 0.15) is 0 Å². The zero-order chi connectivity index (χ0) is 15.5. The van der Waals surface area contributed by atoms with Gasteiger partial charge in [-0.2, -0.15) is 0 Å². The van der Waals surface area contributed by atoms with E-state index in [4.69, 9.17) is 15.3 Å². The smallest absolute Gasteiger partial charge is 0.0939 e. The van der Waals surface area contributed by atoms with Crippen LogP contribution in [0.2, 0.25) is 0 Å². The van der Waals surface area contributed by atoms with E-state index in [1.165, 1.54) is 6.42 Å². The predicted octanol–water partition coefficient (Wildman–Crippen LogP) is 2.87. The number of hydrazine groups is 1. The van der Waals surface area contributed by atoms with Crippen LogP contribution in [0, 0.1) is 17.3 Å². The Morgan fingerprint density at radius 3 is 2.67 bits per heavy atom. The summed E-state index contributed by atoms with van der Waals surface area (Å²) in [5, 5.41) is 0. The van der Waals surface area contributed by atoms with Gasteiger partial charge in [0.2, 0.25) is 0 Å². The highest BCUT2D eigenvalue weighted by Crippen LogP contribution is 2.38. The molecule has 4 unspecified atom stereocenters. The lowest BCUT2D eigenvalue weighted by Crippen LogP contribution is -2.49. The van der Waals surface area contributed by atoms with E-state index in [9.17, 15) is 0 Å². The first kappa shape index (κ1) is 17.2. The molecule has 0 aromatic heterocycles. The summed E-state index contributed by atoms with van der Waals surface area (Å²) in [6.45, 7) is 11.7. The fourth-order valence-electron chi connectivity index (χ4n) is 4.23. The normalized spacial score (nSPS) is 33.3. The molecule has 0 saturated carbocycles. The first-order valence-corrected chi connectivity index (χ1v) is 8.51. The Kier molecular flexibility index (Phi) is 5.69. The Balaban J connectivity index is 1.90. The van der Waals surface area contributed by atoms with Gasteiger partial charge >= 0.3 is 0 Å². The van der Waals surface area contributed by atoms with Crippen molar-refractivity contribution in [2.24, 2.45) is 23.1 Å². The highest BCUT2D eigenvalue weighted by Gasteiger charge is 2.43. The van der Waals surface area contributed by atoms with E-state index in [1.807, 2.05) is 0 Å². The van der Waals surface area contributed by atoms with Crippen LogP contribution in [0.4, 0.5) is 0 Å². The lowest BCUT2D eigenvalue weighted by atomic mass is 9.76. The maximum atomic E-state index is 6.04. The van der Waals surface area contributed by atoms with Gasteiger partial charge in [-0.1, -0.05) is 27.7 Å². The van der Waals surface area contributed by atoms with Crippen LogP contribution in [-0.4, -0.2) is 31.5 Å². The lowest BCUT2D eigenvalue weighted by Gasteiger charge is -2.41. The van der Waals surface area contributed by atoms with Crippen molar-refractivity contribution in [3.8, 4) is 0 Å². The number of hydrogen-bond donors (Lipinski definition) is 2. The molecule has 2 saturated heterocycles. The number of nitrogens with one attached hydrogen (secondary N) is 1. The summed E-state index contributed by atoms with van der Waals surface area (Å²) in [7, 11) is 0. The average molecular weight is 298 g/mol. The van der Waals surface area contributed by atoms with Gasteiger partial charge < -0.3 is 9.47 Å². The molecule has 1 spiro atoms. The van der Waals surface area contributed by atoms with Gasteiger partial charge in [0.05, 0.1) is 12.2 Å². The van der Waals surface area contributed by atoms with Crippen LogP contribution in [0.3, 0.4) is 0 Å². The summed E-state index contributed by atoms with van der Waals surface area (Å²) in [5.41, 5.74) is 3.46. The van der Waals surface area contributed by atoms with Crippen molar-refractivity contribution in [1.82, 2.24) is 5.43 Å². The van der Waals surface area contributed by atoms with Crippen molar-refractivity contribution < 1.29 is 9.47 Å². The molecular weight excluding hydrogens is 264 g/mol. The minimum absolute atomic E-state index is 0.0225. The summed E-state index contributed by atoms with van der Waals surface area (Å²) in [4.78, 5) is 0. The first-order chi connectivity index (χ1) is 9.84. The standard InChI is InChI=1S/C17H34N2O2/c1-13(10-16(2,3)4)9-15(19-18)14-5-7-21-17(11-14)6-8-20-12-17/h13-15,19H,5-12,18H2,1-4H3. The lowest BCUT2D eigenvalue weighted by molar-refractivity contribution is -0.104. The van der Waals surface area contributed by atoms with E-state index < -0.39 is 0 Å². The molecule has 0 radical (unpaired) electrons. The molecule has 2 aliphatic rings. The molecule has 4 nitrogen and oxygen atoms in total. The highest BCUT2D eigenvalue weighted by atomic mass is 16.6. The van der Waals surface area contributed by atoms with Gasteiger partial charge in [0, 0.05) is 25.7 Å². The third-order valence-corrected chi connectivity index (χ3v) is 5.00. The fourth-order valence-corrected chi connectivity index (χ4v) is 4.23. The van der Waals surface area contributed by atoms with Gasteiger partial charge in [0.15, 0.2) is 0 Å². The van der Waals surface area contributed by atoms with Crippen molar-refractivity contribution in [2.75, 3.05) is 19.8 Å². The van der Waals surface area contributed by atoms with Crippen molar-refractivity contribution in [3.05, 3.63) is 0 Å². The van der Waals surface area contributed by atoms with E-state index >= 15 is 0 Å². The van der Waals surface area contributed by atoms with E-state index in [0.29, 0.717) is 23.3 Å². The third-order valence-electron chi connectivity index (χ3n) is 5.00. The number of hydrogen-bond acceptors (Lipinski definition) is 4. The van der Waals surface area contributed by atoms with Crippen LogP contribution in [0.1, 0.15) is 59.8 Å². The minimum Gasteiger partial charge on any atom is -0.378 e. The Hall–Kier alpha value is -0.160. The molecular formula is C17H34N2O2. The second-order valence-electron chi connectivity index (χ2n) is 8.47. The molecule has 21 heavy (non-hydrogen) atoms. The molecule has 0 aliphatic carbocycles. The molecule has 2 fully saturated rings. The second-order valence-corrected chi connectivity index (χ2v) is 8.47. The predicted molar refractivity (Wildman–Crippen MR) is 85.8 cm³/mol. The Morgan fingerprint density at radius 1 is 1.33 bits per heavy atom. The van der Waals surface area contributed by atoms with Crippen LogP contribution in [-0.2, 0) is 9.47 Å². The van der Waals surface area contributed by atoms with Gasteiger partial charge in [-0.3, -0.25) is 11.3 Å². The zero-order valence-corrected chi connectivity index (χ0v) is 14.3. The summed E-state index contributed by atoms with van der Waals surface area (Å²) in [6, 6.07) is 0.392. The van der Waals surface area contributed by atoms with Crippen molar-refractivity contribution >= 4 is 0 Å². The molecule has 2 rings (SSSR count). The number of ether oxygens (including phenoxy) is 2. The summed E-state index contributed by atoms with van der Waals surface area (Å²) in [6.07, 6.45) is 5.62. The van der Waals surface area contributed by atoms with Crippen molar-refractivity contribution in [1.29, 1.82) is 0 Å². The Morgan fingerprint density at radius 2 is 2.10 bits per heavy atom. The summed E-state index contributed by atoms with van der Waals surface area (Å²) >= 11 is 0. The summed E-state index contributed by atoms with van der Waals surface area (Å²) < 4.78 is 11.6. The number of nitrogens with two attached hydrogens (primary N) is 1. The van der Waals surface area contributed by atoms with Crippen LogP contribution in [0.15, 0.2) is 0 Å². The maximum Gasteiger partial charge on any atom is 0.0939 e. The number of rotatable bonds is 5. The van der Waals surface area contributed by atoms with Gasteiger partial charge in [-0.05, 0) is 42.9 Å². The zero-order valence-electron chi connectivity index (χ0n) is 14.3. The molecule has 4 atom stereocenters. The van der Waals surface area contributed by atoms with Crippen molar-refractivity contribution in [3.63, 3.8) is 0 Å². The average Bonchev–Trinajstić information content (AvgIpc) is 2.82. The molecule has 3 N–H and O–H groups in total. The highest BCUT2D eigenvalue weighted by molar-refractivity contribution is 4.93. The fraction of sp³-hybridized carbons (Fsp3) is 1.00. The van der Waals surface area contributed by atoms with E-state index in [-0.39, 0.29) is 5.60 Å². The third kappa shape index (κ3) is 4.92. The van der Waals surface area contributed by atoms with Crippen LogP contribution >= 0.6 is 0 Å². The van der Waals surface area contributed by atoms with Gasteiger partial charge in [-0.15, -0.1) is 0 Å². The van der Waals surface area contributed by atoms with E-state index in [0.717, 1.165) is 45.5 Å². The Labute approximate surface area is 130 Å². The molecule has 0 aromatic carbocycles. The van der Waals surface area contributed by atoms with Gasteiger partial charge in [0.25, 0.3) is 0 Å². The summed E-state index contributed by atoms with van der Waals surface area (Å²) in [5.74, 6) is 7.17. The van der Waals surface area contributed by atoms with Crippen LogP contribution in [0.5, 0.6) is 0 Å². The molecule has 0 amide bonds. The second kappa shape index (κ2) is 6.95. The van der Waals surface area contributed by atoms with E-state index in [1.54, 1.807) is 0 Å². The molecule has 2 heterocycles. The molecule has 2 aliphatic heterocycles. The maximum absolute atomic E-state index is 6.04. The van der Waals surface area contributed by atoms with Crippen molar-refractivity contribution in [2.45, 2.75) is 71.4 Å². The van der Waals surface area contributed by atoms with Gasteiger partial charge in [-0.25, -0.2) is 0 Å². The first-order valence-electron chi connectivity index (χ1n) is 8.51. The van der Waals surface area contributed by atoms with Crippen LogP contribution < -0.4 is 11.3 Å². The monoisotopic (exact) mass is 298 g/mol. The molecule has 0 bridgehead atoms. The molecule has 0 aromatic rings. The van der Waals surface area contributed by atoms with E-state index in [2.05, 4.69) is 33.1 Å². The SMILES string of the molecule is CC(CC(NN)C1CCOC2(CCOC2)C1)CC(C)(C)C. The largest absolute Gasteiger partial charge is 0.378 e. The topological polar surface area (TPSA) is 56.5 Å².